The van der Waals surface area contributed by atoms with Crippen LogP contribution in [0.1, 0.15) is 55.2 Å². The van der Waals surface area contributed by atoms with Gasteiger partial charge in [-0.25, -0.2) is 8.78 Å². The van der Waals surface area contributed by atoms with Crippen LogP contribution in [0.5, 0.6) is 0 Å². The average Bonchev–Trinajstić information content (AvgIpc) is 2.84. The van der Waals surface area contributed by atoms with Gasteiger partial charge in [0.1, 0.15) is 11.6 Å². The largest absolute Gasteiger partial charge is 0.347 e. The number of nitrogens with zero attached hydrogens (tertiary/aromatic N) is 1. The topological polar surface area (TPSA) is 32.3 Å². The van der Waals surface area contributed by atoms with Crippen molar-refractivity contribution in [3.8, 4) is 0 Å². The molecule has 0 atom stereocenters. The Balaban J connectivity index is 1.40. The minimum Gasteiger partial charge on any atom is -0.347 e. The number of halogens is 3. The van der Waals surface area contributed by atoms with Crippen molar-refractivity contribution in [3.63, 3.8) is 0 Å². The number of likely N-dealkylation sites (tertiary alicyclic amines) is 1. The lowest BCUT2D eigenvalue weighted by Gasteiger charge is -2.43. The van der Waals surface area contributed by atoms with Crippen LogP contribution < -0.4 is 5.32 Å². The van der Waals surface area contributed by atoms with E-state index in [1.165, 1.54) is 24.3 Å². The Kier molecular flexibility index (Phi) is 8.19. The third-order valence-corrected chi connectivity index (χ3v) is 7.29. The first-order chi connectivity index (χ1) is 16.8. The van der Waals surface area contributed by atoms with E-state index >= 15 is 0 Å². The molecule has 3 nitrogen and oxygen atoms in total. The Labute approximate surface area is 211 Å². The highest BCUT2D eigenvalue weighted by Gasteiger charge is 2.36. The fraction of sp³-hybridized carbons (Fsp3) is 0.345. The predicted octanol–water partition coefficient (Wildman–Crippen LogP) is 6.66. The van der Waals surface area contributed by atoms with Gasteiger partial charge in [0.25, 0.3) is 0 Å². The summed E-state index contributed by atoms with van der Waals surface area (Å²) in [7, 11) is 0. The van der Waals surface area contributed by atoms with E-state index in [9.17, 15) is 13.6 Å². The number of piperidine rings is 1. The molecule has 1 fully saturated rings. The van der Waals surface area contributed by atoms with Gasteiger partial charge in [-0.1, -0.05) is 48.0 Å². The molecule has 0 radical (unpaired) electrons. The number of carbonyl (C=O) groups excluding carboxylic acids is 1. The van der Waals surface area contributed by atoms with Gasteiger partial charge in [-0.2, -0.15) is 0 Å². The summed E-state index contributed by atoms with van der Waals surface area (Å²) >= 11 is 6.08. The normalized spacial score (nSPS) is 15.8. The minimum absolute atomic E-state index is 0.0326. The molecule has 1 saturated heterocycles. The van der Waals surface area contributed by atoms with Gasteiger partial charge < -0.3 is 10.2 Å². The molecule has 184 valence electrons. The van der Waals surface area contributed by atoms with Crippen LogP contribution >= 0.6 is 11.6 Å². The Hall–Kier alpha value is -2.76. The number of hydrogen-bond acceptors (Lipinski definition) is 2. The van der Waals surface area contributed by atoms with Crippen molar-refractivity contribution >= 4 is 17.5 Å². The molecule has 0 bridgehead atoms. The van der Waals surface area contributed by atoms with Crippen LogP contribution in [0.3, 0.4) is 0 Å². The highest BCUT2D eigenvalue weighted by Crippen LogP contribution is 2.35. The zero-order valence-corrected chi connectivity index (χ0v) is 20.7. The highest BCUT2D eigenvalue weighted by atomic mass is 35.5. The van der Waals surface area contributed by atoms with Crippen molar-refractivity contribution in [2.45, 2.75) is 44.1 Å². The quantitative estimate of drug-likeness (QED) is 0.378. The minimum atomic E-state index is -0.377. The Morgan fingerprint density at radius 1 is 0.914 bits per heavy atom. The molecule has 6 heteroatoms. The van der Waals surface area contributed by atoms with E-state index < -0.39 is 0 Å². The summed E-state index contributed by atoms with van der Waals surface area (Å²) in [6.45, 7) is 4.24. The third-order valence-electron chi connectivity index (χ3n) is 7.03. The number of rotatable bonds is 8. The maximum absolute atomic E-state index is 13.5. The lowest BCUT2D eigenvalue weighted by atomic mass is 9.80. The molecule has 35 heavy (non-hydrogen) atoms. The maximum atomic E-state index is 13.5. The lowest BCUT2D eigenvalue weighted by Crippen LogP contribution is -2.52. The van der Waals surface area contributed by atoms with Gasteiger partial charge in [0.05, 0.1) is 5.54 Å². The van der Waals surface area contributed by atoms with Crippen molar-refractivity contribution in [2.24, 2.45) is 0 Å². The fourth-order valence-corrected chi connectivity index (χ4v) is 5.31. The first-order valence-electron chi connectivity index (χ1n) is 12.1. The van der Waals surface area contributed by atoms with E-state index in [1.54, 1.807) is 6.92 Å². The van der Waals surface area contributed by atoms with Crippen molar-refractivity contribution in [1.29, 1.82) is 0 Å². The van der Waals surface area contributed by atoms with Crippen molar-refractivity contribution in [2.75, 3.05) is 19.6 Å². The van der Waals surface area contributed by atoms with E-state index in [-0.39, 0.29) is 29.0 Å². The summed E-state index contributed by atoms with van der Waals surface area (Å²) in [4.78, 5) is 14.4. The molecule has 0 unspecified atom stereocenters. The zero-order chi connectivity index (χ0) is 24.8. The highest BCUT2D eigenvalue weighted by molar-refractivity contribution is 6.30. The van der Waals surface area contributed by atoms with Crippen LogP contribution in [0, 0.1) is 11.6 Å². The van der Waals surface area contributed by atoms with Crippen LogP contribution in [0.4, 0.5) is 8.78 Å². The standard InChI is InChI=1S/C29H31ClF2N2O/c1-21(35)33-29(24-8-10-25(30)11-9-24)16-19-34(20-17-29)18-2-3-28(22-4-12-26(31)13-5-22)23-6-14-27(32)15-7-23/h4-15,28H,2-3,16-20H2,1H3,(H,33,35). The van der Waals surface area contributed by atoms with Gasteiger partial charge in [0.2, 0.25) is 5.91 Å². The van der Waals surface area contributed by atoms with Gasteiger partial charge in [-0.3, -0.25) is 4.79 Å². The smallest absolute Gasteiger partial charge is 0.217 e. The molecule has 1 aliphatic heterocycles. The maximum Gasteiger partial charge on any atom is 0.217 e. The molecule has 1 N–H and O–H groups in total. The van der Waals surface area contributed by atoms with Crippen LogP contribution in [0.15, 0.2) is 72.8 Å². The van der Waals surface area contributed by atoms with E-state index in [2.05, 4.69) is 10.2 Å². The molecule has 0 saturated carbocycles. The van der Waals surface area contributed by atoms with Gasteiger partial charge >= 0.3 is 0 Å². The van der Waals surface area contributed by atoms with E-state index in [0.29, 0.717) is 5.02 Å². The molecule has 3 aromatic rings. The number of carbonyl (C=O) groups is 1. The van der Waals surface area contributed by atoms with Crippen LogP contribution in [-0.4, -0.2) is 30.4 Å². The molecule has 3 aromatic carbocycles. The Bertz CT molecular complexity index is 1060. The molecule has 0 aliphatic carbocycles. The van der Waals surface area contributed by atoms with Crippen molar-refractivity contribution < 1.29 is 13.6 Å². The first-order valence-corrected chi connectivity index (χ1v) is 12.5. The number of amides is 1. The molecular weight excluding hydrogens is 466 g/mol. The summed E-state index contributed by atoms with van der Waals surface area (Å²) in [5, 5.41) is 3.89. The van der Waals surface area contributed by atoms with E-state index in [4.69, 9.17) is 11.6 Å². The molecule has 1 aliphatic rings. The molecular formula is C29H31ClF2N2O. The van der Waals surface area contributed by atoms with Crippen LogP contribution in [0.2, 0.25) is 5.02 Å². The monoisotopic (exact) mass is 496 g/mol. The Morgan fingerprint density at radius 3 is 1.91 bits per heavy atom. The zero-order valence-electron chi connectivity index (χ0n) is 19.9. The van der Waals surface area contributed by atoms with Crippen LogP contribution in [0.25, 0.3) is 0 Å². The van der Waals surface area contributed by atoms with Gasteiger partial charge in [0.15, 0.2) is 0 Å². The number of benzene rings is 3. The summed E-state index contributed by atoms with van der Waals surface area (Å²) in [6, 6.07) is 20.9. The number of hydrogen-bond donors (Lipinski definition) is 1. The third kappa shape index (κ3) is 6.47. The predicted molar refractivity (Wildman–Crippen MR) is 136 cm³/mol. The van der Waals surface area contributed by atoms with Crippen LogP contribution in [-0.2, 0) is 10.3 Å². The van der Waals surface area contributed by atoms with Gasteiger partial charge in [0, 0.05) is 31.0 Å². The first kappa shape index (κ1) is 25.3. The SMILES string of the molecule is CC(=O)NC1(c2ccc(Cl)cc2)CCN(CCCC(c2ccc(F)cc2)c2ccc(F)cc2)CC1. The van der Waals surface area contributed by atoms with E-state index in [0.717, 1.165) is 62.0 Å². The van der Waals surface area contributed by atoms with Gasteiger partial charge in [-0.15, -0.1) is 0 Å². The molecule has 0 aromatic heterocycles. The molecule has 1 amide bonds. The second kappa shape index (κ2) is 11.3. The molecule has 1 heterocycles. The average molecular weight is 497 g/mol. The summed E-state index contributed by atoms with van der Waals surface area (Å²) in [5.74, 6) is -0.477. The number of nitrogens with one attached hydrogen (secondary N) is 1. The summed E-state index contributed by atoms with van der Waals surface area (Å²) in [5.41, 5.74) is 2.77. The lowest BCUT2D eigenvalue weighted by molar-refractivity contribution is -0.121. The van der Waals surface area contributed by atoms with Gasteiger partial charge in [-0.05, 0) is 85.3 Å². The summed E-state index contributed by atoms with van der Waals surface area (Å²) < 4.78 is 27.0. The fourth-order valence-electron chi connectivity index (χ4n) is 5.19. The molecule has 0 spiro atoms. The molecule has 4 rings (SSSR count). The Morgan fingerprint density at radius 2 is 1.43 bits per heavy atom. The van der Waals surface area contributed by atoms with E-state index in [1.807, 2.05) is 48.5 Å². The van der Waals surface area contributed by atoms with Crippen molar-refractivity contribution in [1.82, 2.24) is 10.2 Å². The second-order valence-corrected chi connectivity index (χ2v) is 9.85. The summed E-state index contributed by atoms with van der Waals surface area (Å²) in [6.07, 6.45) is 3.48. The van der Waals surface area contributed by atoms with Crippen molar-refractivity contribution in [3.05, 3.63) is 106 Å². The second-order valence-electron chi connectivity index (χ2n) is 9.41.